The molecule has 118 valence electrons. The van der Waals surface area contributed by atoms with Crippen LogP contribution in [-0.4, -0.2) is 45.3 Å². The van der Waals surface area contributed by atoms with E-state index in [2.05, 4.69) is 33.1 Å². The number of rotatable bonds is 7. The summed E-state index contributed by atoms with van der Waals surface area (Å²) >= 11 is 3.60. The summed E-state index contributed by atoms with van der Waals surface area (Å²) in [7, 11) is 3.32. The molecule has 1 unspecified atom stereocenters. The first-order valence-electron chi connectivity index (χ1n) is 7.51. The van der Waals surface area contributed by atoms with Gasteiger partial charge in [0.1, 0.15) is 0 Å². The van der Waals surface area contributed by atoms with Crippen molar-refractivity contribution in [3.8, 4) is 11.5 Å². The fourth-order valence-electron chi connectivity index (χ4n) is 2.81. The van der Waals surface area contributed by atoms with Crippen LogP contribution in [0.15, 0.2) is 16.6 Å². The number of likely N-dealkylation sites (tertiary alicyclic amines) is 1. The first-order chi connectivity index (χ1) is 10.2. The zero-order chi connectivity index (χ0) is 15.2. The molecule has 0 amide bonds. The Hall–Kier alpha value is -0.780. The van der Waals surface area contributed by atoms with E-state index in [4.69, 9.17) is 9.47 Å². The minimum absolute atomic E-state index is 0.752. The molecule has 1 aromatic carbocycles. The molecule has 1 N–H and O–H groups in total. The lowest BCUT2D eigenvalue weighted by Crippen LogP contribution is -2.26. The highest BCUT2D eigenvalue weighted by atomic mass is 79.9. The number of methoxy groups -OCH3 is 2. The van der Waals surface area contributed by atoms with Crippen molar-refractivity contribution in [2.75, 3.05) is 40.4 Å². The molecule has 1 aromatic rings. The smallest absolute Gasteiger partial charge is 0.161 e. The van der Waals surface area contributed by atoms with E-state index < -0.39 is 0 Å². The summed E-state index contributed by atoms with van der Waals surface area (Å²) in [6.07, 6.45) is 1.30. The van der Waals surface area contributed by atoms with Crippen molar-refractivity contribution < 1.29 is 9.47 Å². The fraction of sp³-hybridized carbons (Fsp3) is 0.625. The Labute approximate surface area is 135 Å². The molecule has 21 heavy (non-hydrogen) atoms. The normalized spacial score (nSPS) is 19.0. The lowest BCUT2D eigenvalue weighted by Gasteiger charge is -2.15. The molecule has 1 aliphatic heterocycles. The summed E-state index contributed by atoms with van der Waals surface area (Å²) < 4.78 is 11.7. The Morgan fingerprint density at radius 1 is 1.29 bits per heavy atom. The third-order valence-corrected chi connectivity index (χ3v) is 4.86. The summed E-state index contributed by atoms with van der Waals surface area (Å²) in [5, 5.41) is 3.56. The van der Waals surface area contributed by atoms with Gasteiger partial charge in [0.25, 0.3) is 0 Å². The molecule has 0 bridgehead atoms. The molecule has 0 aliphatic carbocycles. The van der Waals surface area contributed by atoms with E-state index in [1.54, 1.807) is 14.2 Å². The van der Waals surface area contributed by atoms with Crippen LogP contribution in [0.2, 0.25) is 0 Å². The van der Waals surface area contributed by atoms with E-state index in [0.717, 1.165) is 41.5 Å². The maximum Gasteiger partial charge on any atom is 0.161 e. The number of ether oxygens (including phenoxy) is 2. The highest BCUT2D eigenvalue weighted by molar-refractivity contribution is 9.10. The van der Waals surface area contributed by atoms with Gasteiger partial charge in [-0.2, -0.15) is 0 Å². The first-order valence-corrected chi connectivity index (χ1v) is 8.30. The summed E-state index contributed by atoms with van der Waals surface area (Å²) in [6, 6.07) is 3.99. The molecule has 0 radical (unpaired) electrons. The highest BCUT2D eigenvalue weighted by Gasteiger charge is 2.20. The van der Waals surface area contributed by atoms with Crippen LogP contribution < -0.4 is 14.8 Å². The van der Waals surface area contributed by atoms with Crippen molar-refractivity contribution in [2.45, 2.75) is 19.9 Å². The van der Waals surface area contributed by atoms with Crippen LogP contribution in [0.3, 0.4) is 0 Å². The van der Waals surface area contributed by atoms with Gasteiger partial charge in [-0.05, 0) is 49.7 Å². The second-order valence-electron chi connectivity index (χ2n) is 5.48. The predicted molar refractivity (Wildman–Crippen MR) is 89.2 cm³/mol. The summed E-state index contributed by atoms with van der Waals surface area (Å²) in [5.74, 6) is 2.29. The van der Waals surface area contributed by atoms with Crippen LogP contribution in [0.25, 0.3) is 0 Å². The Balaban J connectivity index is 1.88. The van der Waals surface area contributed by atoms with Crippen molar-refractivity contribution in [3.05, 3.63) is 22.2 Å². The van der Waals surface area contributed by atoms with Gasteiger partial charge in [-0.3, -0.25) is 0 Å². The van der Waals surface area contributed by atoms with E-state index >= 15 is 0 Å². The molecule has 0 spiro atoms. The van der Waals surface area contributed by atoms with Gasteiger partial charge in [0.05, 0.1) is 14.2 Å². The Bertz CT molecular complexity index is 468. The van der Waals surface area contributed by atoms with Gasteiger partial charge in [0.15, 0.2) is 11.5 Å². The van der Waals surface area contributed by atoms with Crippen LogP contribution in [-0.2, 0) is 6.54 Å². The third-order valence-electron chi connectivity index (χ3n) is 4.12. The molecule has 4 nitrogen and oxygen atoms in total. The molecular formula is C16H25BrN2O2. The van der Waals surface area contributed by atoms with Crippen LogP contribution in [0.5, 0.6) is 11.5 Å². The molecule has 1 saturated heterocycles. The van der Waals surface area contributed by atoms with Gasteiger partial charge in [-0.25, -0.2) is 0 Å². The van der Waals surface area contributed by atoms with Gasteiger partial charge in [-0.15, -0.1) is 0 Å². The average molecular weight is 357 g/mol. The second kappa shape index (κ2) is 8.01. The van der Waals surface area contributed by atoms with Crippen LogP contribution >= 0.6 is 15.9 Å². The van der Waals surface area contributed by atoms with E-state index in [1.807, 2.05) is 12.1 Å². The van der Waals surface area contributed by atoms with E-state index in [-0.39, 0.29) is 0 Å². The molecule has 0 aromatic heterocycles. The summed E-state index contributed by atoms with van der Waals surface area (Å²) in [6.45, 7) is 7.76. The van der Waals surface area contributed by atoms with Crippen molar-refractivity contribution in [2.24, 2.45) is 5.92 Å². The zero-order valence-corrected chi connectivity index (χ0v) is 14.7. The minimum atomic E-state index is 0.752. The van der Waals surface area contributed by atoms with Crippen LogP contribution in [0, 0.1) is 5.92 Å². The van der Waals surface area contributed by atoms with Crippen LogP contribution in [0.4, 0.5) is 0 Å². The fourth-order valence-corrected chi connectivity index (χ4v) is 3.27. The summed E-state index contributed by atoms with van der Waals surface area (Å²) in [4.78, 5) is 2.51. The molecule has 2 rings (SSSR count). The number of nitrogens with zero attached hydrogens (tertiary/aromatic N) is 1. The van der Waals surface area contributed by atoms with Gasteiger partial charge in [0, 0.05) is 17.6 Å². The maximum absolute atomic E-state index is 5.36. The minimum Gasteiger partial charge on any atom is -0.493 e. The molecule has 1 aliphatic rings. The van der Waals surface area contributed by atoms with Crippen molar-refractivity contribution in [1.82, 2.24) is 10.2 Å². The van der Waals surface area contributed by atoms with Crippen molar-refractivity contribution in [1.29, 1.82) is 0 Å². The number of nitrogens with one attached hydrogen (secondary N) is 1. The highest BCUT2D eigenvalue weighted by Crippen LogP contribution is 2.33. The third kappa shape index (κ3) is 4.34. The SMILES string of the molecule is CCN1CCC(CNCc2cc(OC)c(OC)cc2Br)C1. The van der Waals surface area contributed by atoms with Gasteiger partial charge < -0.3 is 19.7 Å². The standard InChI is InChI=1S/C16H25BrN2O2/c1-4-19-6-5-12(11-19)9-18-10-13-7-15(20-2)16(21-3)8-14(13)17/h7-8,12,18H,4-6,9-11H2,1-3H3. The van der Waals surface area contributed by atoms with E-state index in [1.165, 1.54) is 25.1 Å². The quantitative estimate of drug-likeness (QED) is 0.814. The number of hydrogen-bond donors (Lipinski definition) is 1. The van der Waals surface area contributed by atoms with Gasteiger partial charge in [0.2, 0.25) is 0 Å². The molecule has 0 saturated carbocycles. The van der Waals surface area contributed by atoms with Gasteiger partial charge in [-0.1, -0.05) is 22.9 Å². The van der Waals surface area contributed by atoms with Gasteiger partial charge >= 0.3 is 0 Å². The lowest BCUT2D eigenvalue weighted by molar-refractivity contribution is 0.338. The molecule has 1 heterocycles. The molecular weight excluding hydrogens is 332 g/mol. The van der Waals surface area contributed by atoms with Crippen LogP contribution in [0.1, 0.15) is 18.9 Å². The van der Waals surface area contributed by atoms with E-state index in [0.29, 0.717) is 0 Å². The molecule has 5 heteroatoms. The predicted octanol–water partition coefficient (Wildman–Crippen LogP) is 2.90. The maximum atomic E-state index is 5.36. The lowest BCUT2D eigenvalue weighted by atomic mass is 10.1. The number of hydrogen-bond acceptors (Lipinski definition) is 4. The van der Waals surface area contributed by atoms with Crippen molar-refractivity contribution >= 4 is 15.9 Å². The Morgan fingerprint density at radius 3 is 2.62 bits per heavy atom. The monoisotopic (exact) mass is 356 g/mol. The Kier molecular flexibility index (Phi) is 6.33. The van der Waals surface area contributed by atoms with Crippen molar-refractivity contribution in [3.63, 3.8) is 0 Å². The molecule has 1 fully saturated rings. The number of benzene rings is 1. The second-order valence-corrected chi connectivity index (χ2v) is 6.33. The average Bonchev–Trinajstić information content (AvgIpc) is 2.96. The zero-order valence-electron chi connectivity index (χ0n) is 13.1. The van der Waals surface area contributed by atoms with E-state index in [9.17, 15) is 0 Å². The topological polar surface area (TPSA) is 33.7 Å². The first kappa shape index (κ1) is 16.6. The summed E-state index contributed by atoms with van der Waals surface area (Å²) in [5.41, 5.74) is 1.19. The Morgan fingerprint density at radius 2 is 2.00 bits per heavy atom. The molecule has 1 atom stereocenters. The largest absolute Gasteiger partial charge is 0.493 e. The number of halogens is 1.